The lowest BCUT2D eigenvalue weighted by atomic mass is 9.86. The van der Waals surface area contributed by atoms with E-state index in [2.05, 4.69) is 27.8 Å². The first-order chi connectivity index (χ1) is 13.2. The maximum atomic E-state index is 12.6. The fourth-order valence-electron chi connectivity index (χ4n) is 3.90. The Kier molecular flexibility index (Phi) is 7.65. The molecule has 156 valence electrons. The van der Waals surface area contributed by atoms with Gasteiger partial charge in [0, 0.05) is 25.2 Å². The molecule has 1 aromatic rings. The van der Waals surface area contributed by atoms with Crippen molar-refractivity contribution in [2.45, 2.75) is 43.8 Å². The molecule has 5 nitrogen and oxygen atoms in total. The molecule has 1 amide bonds. The van der Waals surface area contributed by atoms with E-state index in [0.29, 0.717) is 6.42 Å². The van der Waals surface area contributed by atoms with Gasteiger partial charge in [-0.1, -0.05) is 6.08 Å². The normalized spacial score (nSPS) is 22.6. The molecule has 3 rings (SSSR count). The van der Waals surface area contributed by atoms with Crippen molar-refractivity contribution in [2.75, 3.05) is 26.2 Å². The fraction of sp³-hybridized carbons (Fsp3) is 0.579. The molecule has 1 unspecified atom stereocenters. The van der Waals surface area contributed by atoms with Crippen LogP contribution in [0.15, 0.2) is 29.5 Å². The van der Waals surface area contributed by atoms with Crippen LogP contribution in [0.1, 0.15) is 31.2 Å². The van der Waals surface area contributed by atoms with E-state index in [0.717, 1.165) is 38.2 Å². The highest BCUT2D eigenvalue weighted by atomic mass is 32.1. The van der Waals surface area contributed by atoms with Gasteiger partial charge in [0.25, 0.3) is 0 Å². The van der Waals surface area contributed by atoms with E-state index in [1.54, 1.807) is 11.3 Å². The molecule has 28 heavy (non-hydrogen) atoms. The second kappa shape index (κ2) is 9.56. The third-order valence-corrected chi connectivity index (χ3v) is 5.91. The Morgan fingerprint density at radius 2 is 1.93 bits per heavy atom. The van der Waals surface area contributed by atoms with Crippen molar-refractivity contribution in [3.8, 4) is 0 Å². The second-order valence-electron chi connectivity index (χ2n) is 7.09. The van der Waals surface area contributed by atoms with Crippen molar-refractivity contribution in [3.63, 3.8) is 0 Å². The Bertz CT molecular complexity index is 678. The lowest BCUT2D eigenvalue weighted by Crippen LogP contribution is -2.57. The number of amides is 1. The minimum absolute atomic E-state index is 0.219. The summed E-state index contributed by atoms with van der Waals surface area (Å²) in [6, 6.07) is 2.06. The lowest BCUT2D eigenvalue weighted by molar-refractivity contribution is -0.192. The highest BCUT2D eigenvalue weighted by molar-refractivity contribution is 7.08. The number of carbonyl (C=O) groups is 2. The van der Waals surface area contributed by atoms with Crippen LogP contribution in [-0.4, -0.2) is 64.7 Å². The van der Waals surface area contributed by atoms with Gasteiger partial charge >= 0.3 is 12.1 Å². The first-order valence-electron chi connectivity index (χ1n) is 9.13. The smallest absolute Gasteiger partial charge is 0.475 e. The summed E-state index contributed by atoms with van der Waals surface area (Å²) >= 11 is 1.66. The number of piperidine rings is 1. The van der Waals surface area contributed by atoms with Crippen molar-refractivity contribution in [3.05, 3.63) is 35.0 Å². The van der Waals surface area contributed by atoms with Crippen molar-refractivity contribution in [2.24, 2.45) is 0 Å². The summed E-state index contributed by atoms with van der Waals surface area (Å²) in [7, 11) is 0. The van der Waals surface area contributed by atoms with Gasteiger partial charge in [-0.05, 0) is 54.6 Å². The molecule has 1 aromatic heterocycles. The minimum atomic E-state index is -5.08. The number of carbonyl (C=O) groups excluding carboxylic acids is 1. The SMILES string of the molecule is C=CCN1CCCC12CCCN(C(=O)Cc1ccsc1)C2.O=C(O)C(F)(F)F. The average molecular weight is 418 g/mol. The predicted molar refractivity (Wildman–Crippen MR) is 101 cm³/mol. The molecule has 0 radical (unpaired) electrons. The van der Waals surface area contributed by atoms with Gasteiger partial charge in [0.05, 0.1) is 6.42 Å². The lowest BCUT2D eigenvalue weighted by Gasteiger charge is -2.46. The maximum Gasteiger partial charge on any atom is 0.490 e. The van der Waals surface area contributed by atoms with Crippen LogP contribution in [0, 0.1) is 0 Å². The number of thiophene rings is 1. The van der Waals surface area contributed by atoms with Crippen LogP contribution < -0.4 is 0 Å². The van der Waals surface area contributed by atoms with Crippen LogP contribution >= 0.6 is 11.3 Å². The van der Waals surface area contributed by atoms with Gasteiger partial charge in [0.1, 0.15) is 0 Å². The number of aliphatic carboxylic acids is 1. The van der Waals surface area contributed by atoms with Crippen molar-refractivity contribution < 1.29 is 27.9 Å². The van der Waals surface area contributed by atoms with Gasteiger partial charge in [-0.3, -0.25) is 9.69 Å². The zero-order valence-electron chi connectivity index (χ0n) is 15.6. The van der Waals surface area contributed by atoms with E-state index in [1.807, 2.05) is 11.5 Å². The molecule has 1 atom stereocenters. The average Bonchev–Trinajstić information content (AvgIpc) is 3.26. The van der Waals surface area contributed by atoms with Crippen LogP contribution in [0.25, 0.3) is 0 Å². The van der Waals surface area contributed by atoms with E-state index in [-0.39, 0.29) is 11.4 Å². The molecule has 0 aliphatic carbocycles. The number of halogens is 3. The number of carboxylic acid groups (broad SMARTS) is 1. The van der Waals surface area contributed by atoms with Crippen LogP contribution in [0.4, 0.5) is 13.2 Å². The van der Waals surface area contributed by atoms with Crippen molar-refractivity contribution in [1.29, 1.82) is 0 Å². The van der Waals surface area contributed by atoms with Gasteiger partial charge in [-0.15, -0.1) is 6.58 Å². The zero-order valence-corrected chi connectivity index (χ0v) is 16.4. The third-order valence-electron chi connectivity index (χ3n) is 5.18. The molecule has 2 fully saturated rings. The number of rotatable bonds is 4. The molecule has 3 heterocycles. The molecular formula is C19H25F3N2O3S. The van der Waals surface area contributed by atoms with Crippen LogP contribution in [-0.2, 0) is 16.0 Å². The van der Waals surface area contributed by atoms with Gasteiger partial charge in [0.2, 0.25) is 5.91 Å². The van der Waals surface area contributed by atoms with Gasteiger partial charge in [-0.25, -0.2) is 4.79 Å². The number of hydrogen-bond donors (Lipinski definition) is 1. The number of hydrogen-bond acceptors (Lipinski definition) is 4. The largest absolute Gasteiger partial charge is 0.490 e. The molecule has 1 spiro atoms. The quantitative estimate of drug-likeness (QED) is 0.760. The summed E-state index contributed by atoms with van der Waals surface area (Å²) in [5.41, 5.74) is 1.37. The van der Waals surface area contributed by atoms with E-state index in [4.69, 9.17) is 9.90 Å². The van der Waals surface area contributed by atoms with E-state index in [1.165, 1.54) is 19.3 Å². The summed E-state index contributed by atoms with van der Waals surface area (Å²) in [6.07, 6.45) is 2.30. The summed E-state index contributed by atoms with van der Waals surface area (Å²) in [5.74, 6) is -2.47. The summed E-state index contributed by atoms with van der Waals surface area (Å²) in [5, 5.41) is 11.3. The first-order valence-corrected chi connectivity index (χ1v) is 10.1. The highest BCUT2D eigenvalue weighted by Gasteiger charge is 2.44. The molecular weight excluding hydrogens is 393 g/mol. The Labute approximate surface area is 166 Å². The Balaban J connectivity index is 0.000000345. The Morgan fingerprint density at radius 1 is 1.29 bits per heavy atom. The summed E-state index contributed by atoms with van der Waals surface area (Å²) < 4.78 is 31.7. The zero-order chi connectivity index (χ0) is 20.8. The van der Waals surface area contributed by atoms with Gasteiger partial charge in [0.15, 0.2) is 0 Å². The molecule has 0 bridgehead atoms. The predicted octanol–water partition coefficient (Wildman–Crippen LogP) is 3.57. The Hall–Kier alpha value is -1.87. The van der Waals surface area contributed by atoms with Crippen LogP contribution in [0.3, 0.4) is 0 Å². The second-order valence-corrected chi connectivity index (χ2v) is 7.87. The number of nitrogens with zero attached hydrogens (tertiary/aromatic N) is 2. The third kappa shape index (κ3) is 5.81. The molecule has 2 saturated heterocycles. The number of likely N-dealkylation sites (tertiary alicyclic amines) is 2. The molecule has 0 saturated carbocycles. The number of carboxylic acids is 1. The van der Waals surface area contributed by atoms with E-state index in [9.17, 15) is 18.0 Å². The molecule has 2 aliphatic heterocycles. The Morgan fingerprint density at radius 3 is 2.46 bits per heavy atom. The molecule has 2 aliphatic rings. The molecule has 9 heteroatoms. The summed E-state index contributed by atoms with van der Waals surface area (Å²) in [6.45, 7) is 7.82. The van der Waals surface area contributed by atoms with E-state index < -0.39 is 12.1 Å². The van der Waals surface area contributed by atoms with Crippen molar-refractivity contribution >= 4 is 23.2 Å². The highest BCUT2D eigenvalue weighted by Crippen LogP contribution is 2.37. The van der Waals surface area contributed by atoms with Crippen LogP contribution in [0.2, 0.25) is 0 Å². The standard InChI is InChI=1S/C17H24N2OS.C2HF3O2/c1-2-8-19-10-4-7-17(19)6-3-9-18(14-17)16(20)12-15-5-11-21-13-15;3-2(4,5)1(6)7/h2,5,11,13H,1,3-4,6-10,12,14H2;(H,6,7). The van der Waals surface area contributed by atoms with Crippen LogP contribution in [0.5, 0.6) is 0 Å². The molecule has 1 N–H and O–H groups in total. The van der Waals surface area contributed by atoms with Crippen molar-refractivity contribution in [1.82, 2.24) is 9.80 Å². The summed E-state index contributed by atoms with van der Waals surface area (Å²) in [4.78, 5) is 26.1. The monoisotopic (exact) mass is 418 g/mol. The fourth-order valence-corrected chi connectivity index (χ4v) is 4.57. The van der Waals surface area contributed by atoms with Gasteiger partial charge in [-0.2, -0.15) is 24.5 Å². The minimum Gasteiger partial charge on any atom is -0.475 e. The van der Waals surface area contributed by atoms with E-state index >= 15 is 0 Å². The topological polar surface area (TPSA) is 60.9 Å². The first kappa shape index (κ1) is 22.4. The molecule has 0 aromatic carbocycles. The van der Waals surface area contributed by atoms with Gasteiger partial charge < -0.3 is 10.0 Å². The number of alkyl halides is 3. The maximum absolute atomic E-state index is 12.6.